The summed E-state index contributed by atoms with van der Waals surface area (Å²) in [6.45, 7) is 4.12. The second-order valence-electron chi connectivity index (χ2n) is 5.98. The van der Waals surface area contributed by atoms with Gasteiger partial charge in [0.15, 0.2) is 11.5 Å². The Bertz CT molecular complexity index is 547. The number of nitrogens with one attached hydrogen (secondary N) is 1. The van der Waals surface area contributed by atoms with Crippen molar-refractivity contribution < 1.29 is 14.3 Å². The molecule has 1 aromatic carbocycles. The zero-order chi connectivity index (χ0) is 15.5. The Labute approximate surface area is 131 Å². The molecule has 2 fully saturated rings. The Morgan fingerprint density at radius 2 is 2.09 bits per heavy atom. The van der Waals surface area contributed by atoms with E-state index in [-0.39, 0.29) is 5.91 Å². The van der Waals surface area contributed by atoms with E-state index in [1.165, 1.54) is 12.8 Å². The van der Waals surface area contributed by atoms with Gasteiger partial charge < -0.3 is 19.7 Å². The molecule has 1 amide bonds. The monoisotopic (exact) mass is 304 g/mol. The molecule has 0 radical (unpaired) electrons. The Morgan fingerprint density at radius 3 is 2.86 bits per heavy atom. The molecular weight excluding hydrogens is 280 g/mol. The van der Waals surface area contributed by atoms with Crippen molar-refractivity contribution in [3.63, 3.8) is 0 Å². The third-order valence-corrected chi connectivity index (χ3v) is 4.52. The Morgan fingerprint density at radius 1 is 1.27 bits per heavy atom. The van der Waals surface area contributed by atoms with Crippen molar-refractivity contribution >= 4 is 5.91 Å². The minimum Gasteiger partial charge on any atom is -0.493 e. The highest BCUT2D eigenvalue weighted by molar-refractivity contribution is 5.95. The number of likely N-dealkylation sites (tertiary alicyclic amines) is 1. The van der Waals surface area contributed by atoms with Crippen molar-refractivity contribution in [3.8, 4) is 11.5 Å². The van der Waals surface area contributed by atoms with Crippen molar-refractivity contribution in [2.45, 2.75) is 38.3 Å². The van der Waals surface area contributed by atoms with Crippen LogP contribution in [0, 0.1) is 0 Å². The summed E-state index contributed by atoms with van der Waals surface area (Å²) < 4.78 is 10.9. The summed E-state index contributed by atoms with van der Waals surface area (Å²) >= 11 is 0. The molecule has 1 aromatic rings. The van der Waals surface area contributed by atoms with Gasteiger partial charge in [0, 0.05) is 30.7 Å². The van der Waals surface area contributed by atoms with E-state index in [0.717, 1.165) is 19.5 Å². The SMILES string of the molecule is CCOc1ccc(C(=O)N2CCC3CCC(C2)N3)cc1OC. The summed E-state index contributed by atoms with van der Waals surface area (Å²) in [5.41, 5.74) is 0.665. The number of nitrogens with zero attached hydrogens (tertiary/aromatic N) is 1. The molecule has 2 aliphatic rings. The summed E-state index contributed by atoms with van der Waals surface area (Å²) in [6, 6.07) is 6.45. The van der Waals surface area contributed by atoms with Gasteiger partial charge >= 0.3 is 0 Å². The zero-order valence-electron chi connectivity index (χ0n) is 13.3. The Kier molecular flexibility index (Phi) is 4.52. The number of carbonyl (C=O) groups is 1. The smallest absolute Gasteiger partial charge is 0.254 e. The molecule has 1 N–H and O–H groups in total. The molecule has 0 spiro atoms. The molecule has 2 heterocycles. The van der Waals surface area contributed by atoms with Gasteiger partial charge in [-0.15, -0.1) is 0 Å². The molecule has 2 aliphatic heterocycles. The van der Waals surface area contributed by atoms with Gasteiger partial charge in [-0.1, -0.05) is 0 Å². The lowest BCUT2D eigenvalue weighted by Gasteiger charge is -2.24. The molecule has 5 nitrogen and oxygen atoms in total. The van der Waals surface area contributed by atoms with Crippen molar-refractivity contribution in [1.29, 1.82) is 0 Å². The first-order valence-corrected chi connectivity index (χ1v) is 8.07. The molecule has 2 atom stereocenters. The Balaban J connectivity index is 1.76. The third-order valence-electron chi connectivity index (χ3n) is 4.52. The molecule has 120 valence electrons. The minimum absolute atomic E-state index is 0.0794. The van der Waals surface area contributed by atoms with Crippen LogP contribution in [0.3, 0.4) is 0 Å². The minimum atomic E-state index is 0.0794. The number of hydrogen-bond acceptors (Lipinski definition) is 4. The fourth-order valence-corrected chi connectivity index (χ4v) is 3.39. The van der Waals surface area contributed by atoms with Crippen LogP contribution in [0.4, 0.5) is 0 Å². The molecule has 2 unspecified atom stereocenters. The van der Waals surface area contributed by atoms with E-state index in [4.69, 9.17) is 9.47 Å². The lowest BCUT2D eigenvalue weighted by atomic mass is 10.1. The molecule has 2 saturated heterocycles. The summed E-state index contributed by atoms with van der Waals surface area (Å²) in [5, 5.41) is 3.60. The van der Waals surface area contributed by atoms with Gasteiger partial charge in [0.25, 0.3) is 5.91 Å². The zero-order valence-corrected chi connectivity index (χ0v) is 13.3. The van der Waals surface area contributed by atoms with Crippen molar-refractivity contribution in [2.75, 3.05) is 26.8 Å². The van der Waals surface area contributed by atoms with E-state index in [9.17, 15) is 4.79 Å². The maximum atomic E-state index is 12.8. The van der Waals surface area contributed by atoms with E-state index < -0.39 is 0 Å². The predicted octanol–water partition coefficient (Wildman–Crippen LogP) is 2.06. The van der Waals surface area contributed by atoms with Crippen LogP contribution >= 0.6 is 0 Å². The third kappa shape index (κ3) is 3.04. The molecule has 3 rings (SSSR count). The van der Waals surface area contributed by atoms with Crippen LogP contribution in [-0.2, 0) is 0 Å². The number of amides is 1. The predicted molar refractivity (Wildman–Crippen MR) is 84.6 cm³/mol. The van der Waals surface area contributed by atoms with Crippen molar-refractivity contribution in [3.05, 3.63) is 23.8 Å². The van der Waals surface area contributed by atoms with Gasteiger partial charge in [-0.05, 0) is 44.4 Å². The van der Waals surface area contributed by atoms with Crippen LogP contribution in [0.5, 0.6) is 11.5 Å². The number of methoxy groups -OCH3 is 1. The largest absolute Gasteiger partial charge is 0.493 e. The second-order valence-corrected chi connectivity index (χ2v) is 5.98. The van der Waals surface area contributed by atoms with Crippen LogP contribution in [0.2, 0.25) is 0 Å². The van der Waals surface area contributed by atoms with Gasteiger partial charge in [0.1, 0.15) is 0 Å². The molecule has 5 heteroatoms. The van der Waals surface area contributed by atoms with Crippen LogP contribution in [0.15, 0.2) is 18.2 Å². The van der Waals surface area contributed by atoms with Crippen molar-refractivity contribution in [2.24, 2.45) is 0 Å². The van der Waals surface area contributed by atoms with Gasteiger partial charge in [-0.2, -0.15) is 0 Å². The van der Waals surface area contributed by atoms with Gasteiger partial charge in [0.2, 0.25) is 0 Å². The number of fused-ring (bicyclic) bond motifs is 2. The van der Waals surface area contributed by atoms with E-state index in [0.29, 0.717) is 35.8 Å². The highest BCUT2D eigenvalue weighted by atomic mass is 16.5. The van der Waals surface area contributed by atoms with Crippen LogP contribution in [0.1, 0.15) is 36.5 Å². The standard InChI is InChI=1S/C17H24N2O3/c1-3-22-15-7-4-12(10-16(15)21-2)17(20)19-9-8-13-5-6-14(11-19)18-13/h4,7,10,13-14,18H,3,5-6,8-9,11H2,1-2H3. The average Bonchev–Trinajstić information content (AvgIpc) is 2.86. The maximum absolute atomic E-state index is 12.8. The van der Waals surface area contributed by atoms with E-state index in [2.05, 4.69) is 5.32 Å². The number of benzene rings is 1. The van der Waals surface area contributed by atoms with E-state index >= 15 is 0 Å². The normalized spacial score (nSPS) is 24.0. The van der Waals surface area contributed by atoms with E-state index in [1.807, 2.05) is 24.0 Å². The first-order chi connectivity index (χ1) is 10.7. The number of hydrogen-bond donors (Lipinski definition) is 1. The highest BCUT2D eigenvalue weighted by Crippen LogP contribution is 2.29. The first-order valence-electron chi connectivity index (χ1n) is 8.07. The first kappa shape index (κ1) is 15.2. The number of ether oxygens (including phenoxy) is 2. The topological polar surface area (TPSA) is 50.8 Å². The fraction of sp³-hybridized carbons (Fsp3) is 0.588. The Hall–Kier alpha value is -1.75. The molecular formula is C17H24N2O3. The maximum Gasteiger partial charge on any atom is 0.254 e. The summed E-state index contributed by atoms with van der Waals surface area (Å²) in [6.07, 6.45) is 3.45. The summed E-state index contributed by atoms with van der Waals surface area (Å²) in [5.74, 6) is 1.37. The molecule has 0 saturated carbocycles. The van der Waals surface area contributed by atoms with Gasteiger partial charge in [-0.3, -0.25) is 4.79 Å². The van der Waals surface area contributed by atoms with Gasteiger partial charge in [0.05, 0.1) is 13.7 Å². The summed E-state index contributed by atoms with van der Waals surface area (Å²) in [7, 11) is 1.60. The quantitative estimate of drug-likeness (QED) is 0.925. The second kappa shape index (κ2) is 6.57. The lowest BCUT2D eigenvalue weighted by Crippen LogP contribution is -2.39. The van der Waals surface area contributed by atoms with E-state index in [1.54, 1.807) is 13.2 Å². The molecule has 2 bridgehead atoms. The lowest BCUT2D eigenvalue weighted by molar-refractivity contribution is 0.0747. The van der Waals surface area contributed by atoms with Gasteiger partial charge in [-0.25, -0.2) is 0 Å². The van der Waals surface area contributed by atoms with Crippen molar-refractivity contribution in [1.82, 2.24) is 10.2 Å². The highest BCUT2D eigenvalue weighted by Gasteiger charge is 2.31. The molecule has 0 aliphatic carbocycles. The number of rotatable bonds is 4. The molecule has 22 heavy (non-hydrogen) atoms. The molecule has 0 aromatic heterocycles. The van der Waals surface area contributed by atoms with Crippen LogP contribution in [0.25, 0.3) is 0 Å². The van der Waals surface area contributed by atoms with Crippen LogP contribution < -0.4 is 14.8 Å². The fourth-order valence-electron chi connectivity index (χ4n) is 3.39. The average molecular weight is 304 g/mol. The number of carbonyl (C=O) groups excluding carboxylic acids is 1. The summed E-state index contributed by atoms with van der Waals surface area (Å²) in [4.78, 5) is 14.7. The van der Waals surface area contributed by atoms with Crippen LogP contribution in [-0.4, -0.2) is 49.7 Å².